The minimum atomic E-state index is 0.0466. The van der Waals surface area contributed by atoms with Crippen LogP contribution < -0.4 is 10.5 Å². The van der Waals surface area contributed by atoms with E-state index in [2.05, 4.69) is 19.1 Å². The molecule has 0 bridgehead atoms. The maximum atomic E-state index is 5.92. The molecule has 3 nitrogen and oxygen atoms in total. The fraction of sp³-hybridized carbons (Fsp3) is 0.571. The second-order valence-corrected chi connectivity index (χ2v) is 4.48. The van der Waals surface area contributed by atoms with Crippen molar-refractivity contribution in [3.05, 3.63) is 29.8 Å². The minimum absolute atomic E-state index is 0.0466. The zero-order valence-electron chi connectivity index (χ0n) is 10.6. The van der Waals surface area contributed by atoms with Gasteiger partial charge in [0.15, 0.2) is 0 Å². The molecule has 1 fully saturated rings. The lowest BCUT2D eigenvalue weighted by Gasteiger charge is -2.41. The van der Waals surface area contributed by atoms with Crippen molar-refractivity contribution in [1.82, 2.24) is 0 Å². The van der Waals surface area contributed by atoms with E-state index < -0.39 is 0 Å². The molecule has 1 aromatic rings. The van der Waals surface area contributed by atoms with E-state index in [0.29, 0.717) is 6.61 Å². The van der Waals surface area contributed by atoms with Gasteiger partial charge in [-0.2, -0.15) is 0 Å². The predicted octanol–water partition coefficient (Wildman–Crippen LogP) is 2.13. The number of benzene rings is 1. The first-order valence-corrected chi connectivity index (χ1v) is 6.37. The Morgan fingerprint density at radius 1 is 1.35 bits per heavy atom. The molecule has 0 saturated heterocycles. The molecule has 3 atom stereocenters. The van der Waals surface area contributed by atoms with Gasteiger partial charge in [0.2, 0.25) is 0 Å². The van der Waals surface area contributed by atoms with Crippen LogP contribution in [0.3, 0.4) is 0 Å². The minimum Gasteiger partial charge on any atom is -0.488 e. The molecule has 1 aliphatic carbocycles. The van der Waals surface area contributed by atoms with Crippen molar-refractivity contribution in [2.45, 2.75) is 44.9 Å². The highest BCUT2D eigenvalue weighted by Gasteiger charge is 2.41. The lowest BCUT2D eigenvalue weighted by Crippen LogP contribution is -2.59. The van der Waals surface area contributed by atoms with Gasteiger partial charge < -0.3 is 15.2 Å². The largest absolute Gasteiger partial charge is 0.488 e. The van der Waals surface area contributed by atoms with E-state index in [0.717, 1.165) is 18.6 Å². The summed E-state index contributed by atoms with van der Waals surface area (Å²) in [6.07, 6.45) is 2.06. The predicted molar refractivity (Wildman–Crippen MR) is 68.2 cm³/mol. The van der Waals surface area contributed by atoms with Crippen molar-refractivity contribution < 1.29 is 9.47 Å². The van der Waals surface area contributed by atoms with Gasteiger partial charge in [0.05, 0.1) is 0 Å². The fourth-order valence-electron chi connectivity index (χ4n) is 2.17. The van der Waals surface area contributed by atoms with Crippen LogP contribution in [-0.2, 0) is 11.2 Å². The summed E-state index contributed by atoms with van der Waals surface area (Å²) in [6.45, 7) is 4.81. The number of rotatable bonds is 5. The van der Waals surface area contributed by atoms with Gasteiger partial charge in [-0.1, -0.05) is 19.1 Å². The van der Waals surface area contributed by atoms with Gasteiger partial charge in [0.1, 0.15) is 18.0 Å². The average Bonchev–Trinajstić information content (AvgIpc) is 2.36. The molecule has 2 rings (SSSR count). The van der Waals surface area contributed by atoms with Crippen LogP contribution in [0.25, 0.3) is 0 Å². The second kappa shape index (κ2) is 5.52. The topological polar surface area (TPSA) is 44.5 Å². The van der Waals surface area contributed by atoms with Gasteiger partial charge in [0.25, 0.3) is 0 Å². The molecule has 1 aliphatic rings. The molecule has 1 aromatic carbocycles. The Labute approximate surface area is 103 Å². The third-order valence-corrected chi connectivity index (χ3v) is 3.25. The molecule has 0 radical (unpaired) electrons. The zero-order chi connectivity index (χ0) is 12.3. The van der Waals surface area contributed by atoms with Crippen molar-refractivity contribution in [3.63, 3.8) is 0 Å². The van der Waals surface area contributed by atoms with Crippen LogP contribution in [0.1, 0.15) is 25.8 Å². The number of hydrogen-bond acceptors (Lipinski definition) is 3. The molecule has 94 valence electrons. The van der Waals surface area contributed by atoms with E-state index in [-0.39, 0.29) is 18.2 Å². The summed E-state index contributed by atoms with van der Waals surface area (Å²) < 4.78 is 11.5. The van der Waals surface area contributed by atoms with Gasteiger partial charge in [-0.15, -0.1) is 0 Å². The Balaban J connectivity index is 1.96. The van der Waals surface area contributed by atoms with Crippen molar-refractivity contribution in [3.8, 4) is 5.75 Å². The Bertz CT molecular complexity index is 367. The van der Waals surface area contributed by atoms with Crippen LogP contribution in [0.5, 0.6) is 5.75 Å². The first-order valence-electron chi connectivity index (χ1n) is 6.37. The molecule has 3 heteroatoms. The number of aryl methyl sites for hydroxylation is 1. The normalized spacial score (nSPS) is 27.6. The van der Waals surface area contributed by atoms with Crippen LogP contribution in [-0.4, -0.2) is 24.9 Å². The standard InChI is InChI=1S/C14H21NO2/c1-3-10-6-5-7-11(8-10)17-13-9-12(15)14(13)16-4-2/h5-8,12-14H,3-4,9,15H2,1-2H3. The van der Waals surface area contributed by atoms with Crippen molar-refractivity contribution in [2.24, 2.45) is 5.73 Å². The Kier molecular flexibility index (Phi) is 4.02. The molecule has 0 heterocycles. The molecule has 2 N–H and O–H groups in total. The molecule has 3 unspecified atom stereocenters. The van der Waals surface area contributed by atoms with E-state index in [1.165, 1.54) is 5.56 Å². The lowest BCUT2D eigenvalue weighted by molar-refractivity contribution is -0.0945. The fourth-order valence-corrected chi connectivity index (χ4v) is 2.17. The molecule has 1 saturated carbocycles. The molecular formula is C14H21NO2. The van der Waals surface area contributed by atoms with Gasteiger partial charge in [-0.3, -0.25) is 0 Å². The van der Waals surface area contributed by atoms with E-state index in [9.17, 15) is 0 Å². The molecule has 0 spiro atoms. The van der Waals surface area contributed by atoms with Crippen LogP contribution in [0, 0.1) is 0 Å². The third kappa shape index (κ3) is 2.79. The smallest absolute Gasteiger partial charge is 0.128 e. The monoisotopic (exact) mass is 235 g/mol. The molecule has 0 amide bonds. The number of ether oxygens (including phenoxy) is 2. The second-order valence-electron chi connectivity index (χ2n) is 4.48. The van der Waals surface area contributed by atoms with Crippen molar-refractivity contribution in [2.75, 3.05) is 6.61 Å². The van der Waals surface area contributed by atoms with E-state index in [1.54, 1.807) is 0 Å². The van der Waals surface area contributed by atoms with Gasteiger partial charge >= 0.3 is 0 Å². The third-order valence-electron chi connectivity index (χ3n) is 3.25. The van der Waals surface area contributed by atoms with Crippen LogP contribution in [0.4, 0.5) is 0 Å². The highest BCUT2D eigenvalue weighted by molar-refractivity contribution is 5.29. The maximum absolute atomic E-state index is 5.92. The van der Waals surface area contributed by atoms with E-state index in [4.69, 9.17) is 15.2 Å². The van der Waals surface area contributed by atoms with Crippen LogP contribution in [0.15, 0.2) is 24.3 Å². The average molecular weight is 235 g/mol. The zero-order valence-corrected chi connectivity index (χ0v) is 10.6. The Morgan fingerprint density at radius 2 is 2.18 bits per heavy atom. The van der Waals surface area contributed by atoms with Gasteiger partial charge in [-0.05, 0) is 31.0 Å². The summed E-state index contributed by atoms with van der Waals surface area (Å²) in [4.78, 5) is 0. The SMILES string of the molecule is CCOC1C(N)CC1Oc1cccc(CC)c1. The number of nitrogens with two attached hydrogens (primary N) is 1. The van der Waals surface area contributed by atoms with Gasteiger partial charge in [0, 0.05) is 19.1 Å². The number of hydrogen-bond donors (Lipinski definition) is 1. The molecule has 17 heavy (non-hydrogen) atoms. The van der Waals surface area contributed by atoms with Crippen molar-refractivity contribution in [1.29, 1.82) is 0 Å². The maximum Gasteiger partial charge on any atom is 0.128 e. The van der Waals surface area contributed by atoms with Gasteiger partial charge in [-0.25, -0.2) is 0 Å². The highest BCUT2D eigenvalue weighted by Crippen LogP contribution is 2.28. The quantitative estimate of drug-likeness (QED) is 0.850. The summed E-state index contributed by atoms with van der Waals surface area (Å²) in [5.41, 5.74) is 7.19. The van der Waals surface area contributed by atoms with Crippen molar-refractivity contribution >= 4 is 0 Å². The summed E-state index contributed by atoms with van der Waals surface area (Å²) in [5, 5.41) is 0. The summed E-state index contributed by atoms with van der Waals surface area (Å²) in [6, 6.07) is 8.34. The van der Waals surface area contributed by atoms with Crippen LogP contribution >= 0.6 is 0 Å². The molecule has 0 aromatic heterocycles. The highest BCUT2D eigenvalue weighted by atomic mass is 16.5. The Morgan fingerprint density at radius 3 is 2.82 bits per heavy atom. The first-order chi connectivity index (χ1) is 8.24. The Hall–Kier alpha value is -1.06. The summed E-state index contributed by atoms with van der Waals surface area (Å²) in [5.74, 6) is 0.922. The lowest BCUT2D eigenvalue weighted by atomic mass is 9.86. The molecular weight excluding hydrogens is 214 g/mol. The summed E-state index contributed by atoms with van der Waals surface area (Å²) in [7, 11) is 0. The van der Waals surface area contributed by atoms with E-state index in [1.807, 2.05) is 19.1 Å². The van der Waals surface area contributed by atoms with Crippen LogP contribution in [0.2, 0.25) is 0 Å². The first kappa shape index (κ1) is 12.4. The van der Waals surface area contributed by atoms with E-state index >= 15 is 0 Å². The molecule has 0 aliphatic heterocycles. The summed E-state index contributed by atoms with van der Waals surface area (Å²) >= 11 is 0.